The highest BCUT2D eigenvalue weighted by molar-refractivity contribution is 6.12. The highest BCUT2D eigenvalue weighted by atomic mass is 16.5. The van der Waals surface area contributed by atoms with Crippen molar-refractivity contribution in [2.45, 2.75) is 26.7 Å². The zero-order valence-corrected chi connectivity index (χ0v) is 18.1. The third kappa shape index (κ3) is 4.28. The second-order valence-electron chi connectivity index (χ2n) is 7.77. The predicted octanol–water partition coefficient (Wildman–Crippen LogP) is 5.98. The minimum atomic E-state index is -0.196. The molecule has 0 aliphatic heterocycles. The summed E-state index contributed by atoms with van der Waals surface area (Å²) in [6.45, 7) is 6.00. The molecule has 4 rings (SSSR count). The quantitative estimate of drug-likeness (QED) is 0.427. The summed E-state index contributed by atoms with van der Waals surface area (Å²) in [6.07, 6.45) is 1.57. The monoisotopic (exact) mass is 422 g/mol. The van der Waals surface area contributed by atoms with E-state index in [1.165, 1.54) is 0 Å². The van der Waals surface area contributed by atoms with Crippen LogP contribution < -0.4 is 10.1 Å². The number of hydrogen-bond acceptors (Lipinski definition) is 5. The van der Waals surface area contributed by atoms with Crippen LogP contribution in [-0.4, -0.2) is 15.9 Å². The van der Waals surface area contributed by atoms with Gasteiger partial charge in [0.15, 0.2) is 0 Å². The van der Waals surface area contributed by atoms with Gasteiger partial charge in [-0.3, -0.25) is 9.78 Å². The number of benzene rings is 2. The van der Waals surface area contributed by atoms with E-state index in [4.69, 9.17) is 4.74 Å². The molecule has 158 valence electrons. The van der Waals surface area contributed by atoms with Gasteiger partial charge in [-0.05, 0) is 60.9 Å². The number of para-hydroxylation sites is 1. The molecule has 1 N–H and O–H groups in total. The van der Waals surface area contributed by atoms with Crippen molar-refractivity contribution in [1.29, 1.82) is 5.26 Å². The third-order valence-corrected chi connectivity index (χ3v) is 5.12. The van der Waals surface area contributed by atoms with Crippen LogP contribution in [0.15, 0.2) is 66.9 Å². The van der Waals surface area contributed by atoms with Crippen LogP contribution in [0.5, 0.6) is 11.6 Å². The third-order valence-electron chi connectivity index (χ3n) is 5.12. The maximum absolute atomic E-state index is 13.2. The smallest absolute Gasteiger partial charge is 0.256 e. The lowest BCUT2D eigenvalue weighted by atomic mass is 10.0. The van der Waals surface area contributed by atoms with Crippen LogP contribution in [-0.2, 0) is 0 Å². The fourth-order valence-electron chi connectivity index (χ4n) is 3.38. The number of amides is 1. The van der Waals surface area contributed by atoms with Crippen LogP contribution in [0.1, 0.15) is 46.9 Å². The van der Waals surface area contributed by atoms with Crippen molar-refractivity contribution in [2.75, 3.05) is 5.32 Å². The molecule has 0 atom stereocenters. The molecule has 32 heavy (non-hydrogen) atoms. The van der Waals surface area contributed by atoms with E-state index in [9.17, 15) is 10.1 Å². The van der Waals surface area contributed by atoms with E-state index in [1.807, 2.05) is 37.3 Å². The number of fused-ring (bicyclic) bond motifs is 1. The molecule has 2 aromatic heterocycles. The Balaban J connectivity index is 1.61. The van der Waals surface area contributed by atoms with Gasteiger partial charge in [0.05, 0.1) is 11.1 Å². The van der Waals surface area contributed by atoms with Crippen LogP contribution in [0.25, 0.3) is 10.9 Å². The van der Waals surface area contributed by atoms with Crippen molar-refractivity contribution >= 4 is 22.5 Å². The Labute approximate surface area is 186 Å². The molecule has 6 heteroatoms. The number of pyridine rings is 2. The van der Waals surface area contributed by atoms with E-state index in [0.717, 1.165) is 22.2 Å². The number of carbonyl (C=O) groups excluding carboxylic acids is 1. The molecule has 6 nitrogen and oxygen atoms in total. The number of nitriles is 1. The van der Waals surface area contributed by atoms with Crippen LogP contribution in [0.3, 0.4) is 0 Å². The van der Waals surface area contributed by atoms with Gasteiger partial charge in [-0.15, -0.1) is 0 Å². The largest absolute Gasteiger partial charge is 0.438 e. The van der Waals surface area contributed by atoms with E-state index >= 15 is 0 Å². The summed E-state index contributed by atoms with van der Waals surface area (Å²) in [4.78, 5) is 22.0. The number of aryl methyl sites for hydroxylation is 1. The standard InChI is InChI=1S/C26H22N4O2/c1-16(2)24-14-21(20-8-4-5-9-23(20)29-24)25(31)30-22-11-10-19(13-17(22)3)32-26-18(15-27)7-6-12-28-26/h4-14,16H,1-3H3,(H,30,31). The van der Waals surface area contributed by atoms with E-state index in [1.54, 1.807) is 36.5 Å². The molecular weight excluding hydrogens is 400 g/mol. The van der Waals surface area contributed by atoms with Crippen molar-refractivity contribution in [3.8, 4) is 17.7 Å². The van der Waals surface area contributed by atoms with Gasteiger partial charge in [-0.1, -0.05) is 32.0 Å². The van der Waals surface area contributed by atoms with Crippen molar-refractivity contribution in [3.05, 3.63) is 89.2 Å². The summed E-state index contributed by atoms with van der Waals surface area (Å²) in [5.41, 5.74) is 4.12. The Morgan fingerprint density at radius 3 is 2.66 bits per heavy atom. The Kier molecular flexibility index (Phi) is 5.82. The summed E-state index contributed by atoms with van der Waals surface area (Å²) in [7, 11) is 0. The van der Waals surface area contributed by atoms with Crippen LogP contribution >= 0.6 is 0 Å². The molecule has 4 aromatic rings. The van der Waals surface area contributed by atoms with Crippen molar-refractivity contribution in [2.24, 2.45) is 0 Å². The lowest BCUT2D eigenvalue weighted by molar-refractivity contribution is 0.102. The molecule has 0 saturated heterocycles. The van der Waals surface area contributed by atoms with Gasteiger partial charge in [-0.2, -0.15) is 5.26 Å². The fourth-order valence-corrected chi connectivity index (χ4v) is 3.38. The molecule has 0 fully saturated rings. The van der Waals surface area contributed by atoms with Crippen molar-refractivity contribution < 1.29 is 9.53 Å². The van der Waals surface area contributed by atoms with Gasteiger partial charge in [0.25, 0.3) is 5.91 Å². The van der Waals surface area contributed by atoms with Crippen molar-refractivity contribution in [3.63, 3.8) is 0 Å². The minimum Gasteiger partial charge on any atom is -0.438 e. The summed E-state index contributed by atoms with van der Waals surface area (Å²) >= 11 is 0. The Hall–Kier alpha value is -4.24. The molecule has 2 aromatic carbocycles. The van der Waals surface area contributed by atoms with E-state index < -0.39 is 0 Å². The number of rotatable bonds is 5. The zero-order chi connectivity index (χ0) is 22.7. The van der Waals surface area contributed by atoms with Crippen molar-refractivity contribution in [1.82, 2.24) is 9.97 Å². The molecule has 0 bridgehead atoms. The molecule has 2 heterocycles. The SMILES string of the molecule is Cc1cc(Oc2ncccc2C#N)ccc1NC(=O)c1cc(C(C)C)nc2ccccc12. The van der Waals surface area contributed by atoms with Crippen LogP contribution in [0.4, 0.5) is 5.69 Å². The molecular formula is C26H22N4O2. The second kappa shape index (κ2) is 8.86. The van der Waals surface area contributed by atoms with Gasteiger partial charge in [0.1, 0.15) is 17.4 Å². The normalized spacial score (nSPS) is 10.7. The molecule has 0 unspecified atom stereocenters. The highest BCUT2D eigenvalue weighted by Crippen LogP contribution is 2.28. The number of nitrogens with one attached hydrogen (secondary N) is 1. The number of aromatic nitrogens is 2. The first-order chi connectivity index (χ1) is 15.5. The van der Waals surface area contributed by atoms with E-state index in [-0.39, 0.29) is 17.7 Å². The molecule has 0 aliphatic rings. The molecule has 0 aliphatic carbocycles. The maximum Gasteiger partial charge on any atom is 0.256 e. The number of anilines is 1. The van der Waals surface area contributed by atoms with Gasteiger partial charge >= 0.3 is 0 Å². The number of carbonyl (C=O) groups is 1. The minimum absolute atomic E-state index is 0.196. The van der Waals surface area contributed by atoms with Crippen LogP contribution in [0, 0.1) is 18.3 Å². The summed E-state index contributed by atoms with van der Waals surface area (Å²) in [6, 6.07) is 20.2. The maximum atomic E-state index is 13.2. The van der Waals surface area contributed by atoms with Gasteiger partial charge in [-0.25, -0.2) is 4.98 Å². The number of nitrogens with zero attached hydrogens (tertiary/aromatic N) is 3. The van der Waals surface area contributed by atoms with Gasteiger partial charge in [0.2, 0.25) is 5.88 Å². The highest BCUT2D eigenvalue weighted by Gasteiger charge is 2.16. The molecule has 0 spiro atoms. The Morgan fingerprint density at radius 2 is 1.91 bits per heavy atom. The van der Waals surface area contributed by atoms with Gasteiger partial charge in [0, 0.05) is 23.0 Å². The van der Waals surface area contributed by atoms with Crippen LogP contribution in [0.2, 0.25) is 0 Å². The Bertz CT molecular complexity index is 1360. The molecule has 0 radical (unpaired) electrons. The average Bonchev–Trinajstić information content (AvgIpc) is 2.80. The lowest BCUT2D eigenvalue weighted by Crippen LogP contribution is -2.14. The fraction of sp³-hybridized carbons (Fsp3) is 0.154. The lowest BCUT2D eigenvalue weighted by Gasteiger charge is -2.14. The first-order valence-corrected chi connectivity index (χ1v) is 10.3. The molecule has 1 amide bonds. The van der Waals surface area contributed by atoms with E-state index in [2.05, 4.69) is 35.2 Å². The summed E-state index contributed by atoms with van der Waals surface area (Å²) in [5.74, 6) is 0.788. The first kappa shape index (κ1) is 21.0. The topological polar surface area (TPSA) is 87.9 Å². The summed E-state index contributed by atoms with van der Waals surface area (Å²) in [5, 5.41) is 13.0. The molecule has 0 saturated carbocycles. The zero-order valence-electron chi connectivity index (χ0n) is 18.1. The number of ether oxygens (including phenoxy) is 1. The first-order valence-electron chi connectivity index (χ1n) is 10.3. The second-order valence-corrected chi connectivity index (χ2v) is 7.77. The average molecular weight is 422 g/mol. The van der Waals surface area contributed by atoms with Gasteiger partial charge < -0.3 is 10.1 Å². The predicted molar refractivity (Wildman–Crippen MR) is 124 cm³/mol. The van der Waals surface area contributed by atoms with E-state index in [0.29, 0.717) is 22.6 Å². The summed E-state index contributed by atoms with van der Waals surface area (Å²) < 4.78 is 5.77. The Morgan fingerprint density at radius 1 is 1.09 bits per heavy atom. The number of hydrogen-bond donors (Lipinski definition) is 1.